The summed E-state index contributed by atoms with van der Waals surface area (Å²) in [5, 5.41) is 20.5. The maximum absolute atomic E-state index is 11.6. The number of nitrogens with zero attached hydrogens (tertiary/aromatic N) is 1. The number of aliphatic hydroxyl groups excluding tert-OH is 2. The van der Waals surface area contributed by atoms with Crippen LogP contribution in [0.15, 0.2) is 89.8 Å². The van der Waals surface area contributed by atoms with E-state index in [0.717, 1.165) is 11.1 Å². The van der Waals surface area contributed by atoms with Gasteiger partial charge >= 0.3 is 51.4 Å². The van der Waals surface area contributed by atoms with Crippen molar-refractivity contribution in [2.75, 3.05) is 18.1 Å². The zero-order chi connectivity index (χ0) is 20.9. The second-order valence-corrected chi connectivity index (χ2v) is 7.96. The molecule has 2 N–H and O–H groups in total. The first-order valence-corrected chi connectivity index (χ1v) is 10.5. The molecule has 152 valence electrons. The van der Waals surface area contributed by atoms with Gasteiger partial charge in [0.2, 0.25) is 0 Å². The van der Waals surface area contributed by atoms with Crippen LogP contribution < -0.4 is 56.3 Å². The minimum Gasteiger partial charge on any atom is -0.744 e. The van der Waals surface area contributed by atoms with E-state index < -0.39 is 22.2 Å². The molecular weight excluding hydrogens is 429 g/mol. The van der Waals surface area contributed by atoms with Gasteiger partial charge in [-0.05, 0) is 29.3 Å². The molecule has 0 radical (unpaired) electrons. The van der Waals surface area contributed by atoms with Gasteiger partial charge in [-0.3, -0.25) is 0 Å². The van der Waals surface area contributed by atoms with E-state index in [4.69, 9.17) is 0 Å². The second-order valence-electron chi connectivity index (χ2n) is 6.58. The summed E-state index contributed by atoms with van der Waals surface area (Å²) in [6.07, 6.45) is 0. The summed E-state index contributed by atoms with van der Waals surface area (Å²) < 4.78 is 34.7. The van der Waals surface area contributed by atoms with Gasteiger partial charge in [-0.15, -0.1) is 0 Å². The number of hydrogen-bond acceptors (Lipinski definition) is 6. The minimum atomic E-state index is -4.65. The fourth-order valence-electron chi connectivity index (χ4n) is 3.44. The largest absolute Gasteiger partial charge is 1.00 e. The summed E-state index contributed by atoms with van der Waals surface area (Å²) >= 11 is 0. The SMILES string of the molecule is O=S(=O)([O-])c1cccc(N(C(CO)c2ccccc2)C(CO)c2ccccc2)c1.[K+]. The summed E-state index contributed by atoms with van der Waals surface area (Å²) in [5.74, 6) is 0. The fraction of sp³-hybridized carbons (Fsp3) is 0.182. The Kier molecular flexibility index (Phi) is 9.67. The fourth-order valence-corrected chi connectivity index (χ4v) is 3.95. The monoisotopic (exact) mass is 451 g/mol. The quantitative estimate of drug-likeness (QED) is 0.366. The Balaban J connectivity index is 0.00000320. The smallest absolute Gasteiger partial charge is 0.744 e. The van der Waals surface area contributed by atoms with Crippen LogP contribution in [-0.2, 0) is 10.1 Å². The van der Waals surface area contributed by atoms with Gasteiger partial charge in [0.1, 0.15) is 10.1 Å². The van der Waals surface area contributed by atoms with Crippen molar-refractivity contribution in [1.29, 1.82) is 0 Å². The molecule has 6 nitrogen and oxygen atoms in total. The van der Waals surface area contributed by atoms with E-state index in [1.54, 1.807) is 11.0 Å². The average Bonchev–Trinajstić information content (AvgIpc) is 2.75. The molecule has 0 bridgehead atoms. The van der Waals surface area contributed by atoms with Crippen LogP contribution in [0.4, 0.5) is 5.69 Å². The van der Waals surface area contributed by atoms with Crippen molar-refractivity contribution in [2.45, 2.75) is 17.0 Å². The topological polar surface area (TPSA) is 101 Å². The van der Waals surface area contributed by atoms with E-state index in [0.29, 0.717) is 5.69 Å². The average molecular weight is 452 g/mol. The maximum Gasteiger partial charge on any atom is 1.00 e. The summed E-state index contributed by atoms with van der Waals surface area (Å²) in [7, 11) is -4.65. The standard InChI is InChI=1S/C22H23NO5S.K/c24-15-21(17-8-3-1-4-9-17)23(22(16-25)18-10-5-2-6-11-18)19-12-7-13-20(14-19)29(26,27)28;/h1-14,21-22,24-25H,15-16H2,(H,26,27,28);/q;+1/p-1. The number of rotatable bonds is 8. The summed E-state index contributed by atoms with van der Waals surface area (Å²) in [5.41, 5.74) is 1.99. The van der Waals surface area contributed by atoms with Crippen molar-refractivity contribution in [3.63, 3.8) is 0 Å². The molecule has 0 aliphatic rings. The minimum absolute atomic E-state index is 0. The van der Waals surface area contributed by atoms with Crippen LogP contribution in [0.3, 0.4) is 0 Å². The van der Waals surface area contributed by atoms with Gasteiger partial charge in [0, 0.05) is 5.69 Å². The van der Waals surface area contributed by atoms with E-state index in [-0.39, 0.29) is 69.5 Å². The molecule has 0 fully saturated rings. The molecule has 30 heavy (non-hydrogen) atoms. The number of benzene rings is 3. The van der Waals surface area contributed by atoms with Crippen molar-refractivity contribution in [3.8, 4) is 0 Å². The Bertz CT molecular complexity index is 984. The van der Waals surface area contributed by atoms with Crippen molar-refractivity contribution < 1.29 is 74.6 Å². The molecule has 8 heteroatoms. The first-order valence-electron chi connectivity index (χ1n) is 9.11. The van der Waals surface area contributed by atoms with E-state index in [1.165, 1.54) is 18.2 Å². The van der Waals surface area contributed by atoms with Crippen molar-refractivity contribution >= 4 is 15.8 Å². The van der Waals surface area contributed by atoms with Gasteiger partial charge in [-0.2, -0.15) is 0 Å². The van der Waals surface area contributed by atoms with Crippen LogP contribution in [0.2, 0.25) is 0 Å². The summed E-state index contributed by atoms with van der Waals surface area (Å²) in [6, 6.07) is 23.0. The van der Waals surface area contributed by atoms with E-state index in [1.807, 2.05) is 60.7 Å². The van der Waals surface area contributed by atoms with Gasteiger partial charge in [0.25, 0.3) is 0 Å². The number of hydrogen-bond donors (Lipinski definition) is 2. The Hall–Kier alpha value is -1.07. The van der Waals surface area contributed by atoms with Crippen molar-refractivity contribution in [2.24, 2.45) is 0 Å². The predicted molar refractivity (Wildman–Crippen MR) is 109 cm³/mol. The van der Waals surface area contributed by atoms with Gasteiger partial charge in [-0.1, -0.05) is 66.7 Å². The third kappa shape index (κ3) is 6.00. The third-order valence-corrected chi connectivity index (χ3v) is 5.62. The molecule has 2 atom stereocenters. The molecule has 0 aromatic heterocycles. The van der Waals surface area contributed by atoms with E-state index in [9.17, 15) is 23.2 Å². The second kappa shape index (κ2) is 11.5. The molecule has 0 saturated carbocycles. The van der Waals surface area contributed by atoms with Gasteiger partial charge < -0.3 is 19.7 Å². The van der Waals surface area contributed by atoms with Crippen LogP contribution >= 0.6 is 0 Å². The molecule has 0 aliphatic carbocycles. The molecule has 0 amide bonds. The zero-order valence-corrected chi connectivity index (χ0v) is 20.6. The van der Waals surface area contributed by atoms with Gasteiger partial charge in [-0.25, -0.2) is 8.42 Å². The Labute approximate surface area is 219 Å². The summed E-state index contributed by atoms with van der Waals surface area (Å²) in [6.45, 7) is -0.552. The molecule has 0 aliphatic heterocycles. The van der Waals surface area contributed by atoms with E-state index >= 15 is 0 Å². The van der Waals surface area contributed by atoms with Crippen LogP contribution in [0, 0.1) is 0 Å². The van der Waals surface area contributed by atoms with Crippen molar-refractivity contribution in [1.82, 2.24) is 0 Å². The molecule has 0 saturated heterocycles. The van der Waals surface area contributed by atoms with Crippen LogP contribution in [0.1, 0.15) is 23.2 Å². The molecule has 3 aromatic rings. The third-order valence-electron chi connectivity index (χ3n) is 4.79. The number of aliphatic hydroxyl groups is 2. The molecule has 3 aromatic carbocycles. The molecule has 2 unspecified atom stereocenters. The first kappa shape index (κ1) is 25.2. The molecule has 0 heterocycles. The normalized spacial score (nSPS) is 13.2. The Morgan fingerprint density at radius 2 is 1.23 bits per heavy atom. The molecule has 0 spiro atoms. The first-order chi connectivity index (χ1) is 14.0. The Morgan fingerprint density at radius 1 is 0.767 bits per heavy atom. The zero-order valence-electron chi connectivity index (χ0n) is 16.6. The molecule has 3 rings (SSSR count). The van der Waals surface area contributed by atoms with Gasteiger partial charge in [0.05, 0.1) is 30.2 Å². The van der Waals surface area contributed by atoms with Crippen LogP contribution in [0.25, 0.3) is 0 Å². The molecular formula is C22H22KNO5S. The number of anilines is 1. The summed E-state index contributed by atoms with van der Waals surface area (Å²) in [4.78, 5) is 1.38. The Morgan fingerprint density at radius 3 is 1.63 bits per heavy atom. The maximum atomic E-state index is 11.6. The van der Waals surface area contributed by atoms with E-state index in [2.05, 4.69) is 0 Å². The van der Waals surface area contributed by atoms with Crippen molar-refractivity contribution in [3.05, 3.63) is 96.1 Å². The van der Waals surface area contributed by atoms with Crippen LogP contribution in [-0.4, -0.2) is 36.4 Å². The van der Waals surface area contributed by atoms with Gasteiger partial charge in [0.15, 0.2) is 0 Å². The van der Waals surface area contributed by atoms with Crippen LogP contribution in [0.5, 0.6) is 0 Å². The predicted octanol–water partition coefficient (Wildman–Crippen LogP) is -0.132.